The molecule has 0 spiro atoms. The van der Waals surface area contributed by atoms with Crippen LogP contribution in [0.2, 0.25) is 0 Å². The van der Waals surface area contributed by atoms with E-state index in [2.05, 4.69) is 27.4 Å². The molecule has 120 valence electrons. The van der Waals surface area contributed by atoms with Crippen molar-refractivity contribution < 1.29 is 9.53 Å². The zero-order valence-electron chi connectivity index (χ0n) is 14.1. The fourth-order valence-corrected chi connectivity index (χ4v) is 8.61. The van der Waals surface area contributed by atoms with Gasteiger partial charge in [0.2, 0.25) is 0 Å². The average molecular weight is 302 g/mol. The second kappa shape index (κ2) is 11.3. The van der Waals surface area contributed by atoms with Crippen LogP contribution in [0.1, 0.15) is 59.3 Å². The van der Waals surface area contributed by atoms with E-state index in [1.165, 1.54) is 64.1 Å². The topological polar surface area (TPSA) is 26.3 Å². The van der Waals surface area contributed by atoms with Gasteiger partial charge in [-0.15, -0.1) is 0 Å². The molecule has 0 aromatic rings. The number of esters is 1. The van der Waals surface area contributed by atoms with Crippen LogP contribution in [0.3, 0.4) is 0 Å². The van der Waals surface area contributed by atoms with Gasteiger partial charge in [-0.3, -0.25) is 0 Å². The van der Waals surface area contributed by atoms with Gasteiger partial charge in [0.25, 0.3) is 0 Å². The summed E-state index contributed by atoms with van der Waals surface area (Å²) in [5.74, 6) is -0.202. The molecule has 3 heteroatoms. The minimum atomic E-state index is -1.40. The summed E-state index contributed by atoms with van der Waals surface area (Å²) in [4.78, 5) is 11.7. The summed E-state index contributed by atoms with van der Waals surface area (Å²) in [6.07, 6.45) is 12.6. The Morgan fingerprint density at radius 2 is 1.35 bits per heavy atom. The molecule has 0 fully saturated rings. The predicted molar refractivity (Wildman–Crippen MR) is 93.7 cm³/mol. The number of carbonyl (C=O) groups is 1. The Kier molecular flexibility index (Phi) is 11.1. The van der Waals surface area contributed by atoms with Crippen molar-refractivity contribution in [3.8, 4) is 0 Å². The molecule has 0 aromatic heterocycles. The van der Waals surface area contributed by atoms with Crippen molar-refractivity contribution in [2.24, 2.45) is 0 Å². The molecular formula is C17H35O2P. The van der Waals surface area contributed by atoms with Crippen molar-refractivity contribution in [1.29, 1.82) is 0 Å². The molecule has 0 heterocycles. The monoisotopic (exact) mass is 302 g/mol. The van der Waals surface area contributed by atoms with Crippen LogP contribution >= 0.6 is 7.26 Å². The van der Waals surface area contributed by atoms with E-state index >= 15 is 0 Å². The van der Waals surface area contributed by atoms with E-state index in [1.807, 2.05) is 0 Å². The summed E-state index contributed by atoms with van der Waals surface area (Å²) in [6, 6.07) is 0. The maximum absolute atomic E-state index is 11.7. The van der Waals surface area contributed by atoms with Gasteiger partial charge in [0.1, 0.15) is 0 Å². The van der Waals surface area contributed by atoms with E-state index in [0.717, 1.165) is 6.16 Å². The van der Waals surface area contributed by atoms with Crippen LogP contribution < -0.4 is 0 Å². The fraction of sp³-hybridized carbons (Fsp3) is 0.824. The molecule has 0 saturated carbocycles. The molecule has 0 rings (SSSR count). The van der Waals surface area contributed by atoms with Crippen molar-refractivity contribution in [1.82, 2.24) is 0 Å². The number of hydrogen-bond acceptors (Lipinski definition) is 2. The summed E-state index contributed by atoms with van der Waals surface area (Å²) < 4.78 is 4.86. The second-order valence-electron chi connectivity index (χ2n) is 6.08. The van der Waals surface area contributed by atoms with Crippen molar-refractivity contribution in [2.45, 2.75) is 59.3 Å². The molecule has 0 saturated heterocycles. The Bertz CT molecular complexity index is 265. The number of hydrogen-bond donors (Lipinski definition) is 0. The predicted octanol–water partition coefficient (Wildman–Crippen LogP) is 4.87. The Morgan fingerprint density at radius 3 is 1.65 bits per heavy atom. The van der Waals surface area contributed by atoms with Gasteiger partial charge in [-0.1, -0.05) is 0 Å². The third-order valence-corrected chi connectivity index (χ3v) is 9.66. The van der Waals surface area contributed by atoms with Gasteiger partial charge < -0.3 is 0 Å². The summed E-state index contributed by atoms with van der Waals surface area (Å²) >= 11 is 0. The van der Waals surface area contributed by atoms with E-state index in [1.54, 1.807) is 0 Å². The maximum atomic E-state index is 11.7. The van der Waals surface area contributed by atoms with Gasteiger partial charge in [-0.2, -0.15) is 0 Å². The van der Waals surface area contributed by atoms with Crippen LogP contribution in [0, 0.1) is 0 Å². The molecule has 0 aliphatic carbocycles. The number of unbranched alkanes of at least 4 members (excludes halogenated alkanes) is 3. The van der Waals surface area contributed by atoms with Crippen LogP contribution in [0.4, 0.5) is 0 Å². The van der Waals surface area contributed by atoms with Crippen LogP contribution in [-0.4, -0.2) is 37.7 Å². The first-order valence-corrected chi connectivity index (χ1v) is 11.1. The summed E-state index contributed by atoms with van der Waals surface area (Å²) in [6.45, 7) is 10.8. The Labute approximate surface area is 126 Å². The van der Waals surface area contributed by atoms with Crippen LogP contribution in [0.5, 0.6) is 0 Å². The van der Waals surface area contributed by atoms with Gasteiger partial charge in [-0.05, 0) is 0 Å². The summed E-state index contributed by atoms with van der Waals surface area (Å²) in [7, 11) is 0.0583. The minimum absolute atomic E-state index is 0.202. The van der Waals surface area contributed by atoms with E-state index < -0.39 is 7.26 Å². The molecular weight excluding hydrogens is 267 g/mol. The molecule has 0 aliphatic heterocycles. The van der Waals surface area contributed by atoms with Crippen LogP contribution in [0.15, 0.2) is 12.2 Å². The fourth-order valence-electron chi connectivity index (χ4n) is 2.96. The molecule has 0 aromatic carbocycles. The normalized spacial score (nSPS) is 12.2. The molecule has 0 N–H and O–H groups in total. The summed E-state index contributed by atoms with van der Waals surface area (Å²) in [5, 5.41) is 0. The standard InChI is InChI=1S/C17H35O2P/c1-6-9-12-20(13-10-7-2,14-11-8-3)15-16(4)17(18)19-5/h20H,4,6-15H2,1-3,5H3. The van der Waals surface area contributed by atoms with Crippen molar-refractivity contribution >= 4 is 13.2 Å². The molecule has 0 radical (unpaired) electrons. The van der Waals surface area contributed by atoms with Gasteiger partial charge in [0, 0.05) is 0 Å². The number of carbonyl (C=O) groups excluding carboxylic acids is 1. The summed E-state index contributed by atoms with van der Waals surface area (Å²) in [5.41, 5.74) is 0.711. The van der Waals surface area contributed by atoms with Crippen molar-refractivity contribution in [2.75, 3.05) is 31.8 Å². The molecule has 0 amide bonds. The molecule has 0 bridgehead atoms. The third-order valence-electron chi connectivity index (χ3n) is 4.24. The Morgan fingerprint density at radius 1 is 0.950 bits per heavy atom. The molecule has 0 atom stereocenters. The van der Waals surface area contributed by atoms with E-state index in [9.17, 15) is 4.79 Å². The molecule has 0 aliphatic rings. The first-order chi connectivity index (χ1) is 9.55. The van der Waals surface area contributed by atoms with Crippen LogP contribution in [0.25, 0.3) is 0 Å². The number of rotatable bonds is 12. The molecule has 20 heavy (non-hydrogen) atoms. The molecule has 0 unspecified atom stereocenters. The average Bonchev–Trinajstić information content (AvgIpc) is 2.47. The zero-order chi connectivity index (χ0) is 15.4. The zero-order valence-corrected chi connectivity index (χ0v) is 15.1. The number of ether oxygens (including phenoxy) is 1. The third kappa shape index (κ3) is 7.43. The SMILES string of the molecule is C=C(C[PH](CCCC)(CCCC)CCCC)C(=O)OC. The Hall–Kier alpha value is -0.360. The second-order valence-corrected chi connectivity index (χ2v) is 10.9. The number of methoxy groups -OCH3 is 1. The van der Waals surface area contributed by atoms with E-state index in [-0.39, 0.29) is 5.97 Å². The van der Waals surface area contributed by atoms with E-state index in [4.69, 9.17) is 4.74 Å². The first-order valence-electron chi connectivity index (χ1n) is 8.31. The van der Waals surface area contributed by atoms with Crippen LogP contribution in [-0.2, 0) is 9.53 Å². The quantitative estimate of drug-likeness (QED) is 0.292. The molecule has 2 nitrogen and oxygen atoms in total. The Balaban J connectivity index is 4.91. The van der Waals surface area contributed by atoms with Crippen molar-refractivity contribution in [3.63, 3.8) is 0 Å². The van der Waals surface area contributed by atoms with Gasteiger partial charge >= 0.3 is 126 Å². The first kappa shape index (κ1) is 19.6. The van der Waals surface area contributed by atoms with Gasteiger partial charge in [-0.25, -0.2) is 0 Å². The van der Waals surface area contributed by atoms with Crippen molar-refractivity contribution in [3.05, 3.63) is 12.2 Å². The van der Waals surface area contributed by atoms with Gasteiger partial charge in [0.05, 0.1) is 0 Å². The van der Waals surface area contributed by atoms with Gasteiger partial charge in [0.15, 0.2) is 0 Å². The van der Waals surface area contributed by atoms with E-state index in [0.29, 0.717) is 5.57 Å².